The van der Waals surface area contributed by atoms with Gasteiger partial charge in [0.2, 0.25) is 0 Å². The third-order valence-electron chi connectivity index (χ3n) is 0.464. The first-order valence-corrected chi connectivity index (χ1v) is 3.60. The molecule has 0 fully saturated rings. The summed E-state index contributed by atoms with van der Waals surface area (Å²) < 4.78 is 9.46. The van der Waals surface area contributed by atoms with Gasteiger partial charge in [-0.2, -0.15) is 0 Å². The van der Waals surface area contributed by atoms with E-state index in [0.717, 1.165) is 4.43 Å². The number of alkyl halides is 1. The van der Waals surface area contributed by atoms with Crippen molar-refractivity contribution in [2.45, 2.75) is 0 Å². The molecular formula is C4H7IO3. The molecule has 0 saturated heterocycles. The highest BCUT2D eigenvalue weighted by molar-refractivity contribution is 14.1. The zero-order chi connectivity index (χ0) is 6.41. The molecular weight excluding hydrogens is 223 g/mol. The van der Waals surface area contributed by atoms with E-state index in [-0.39, 0.29) is 0 Å². The molecule has 0 amide bonds. The number of rotatable bonds is 2. The number of methoxy groups -OCH3 is 1. The largest absolute Gasteiger partial charge is 0.508 e. The van der Waals surface area contributed by atoms with Crippen LogP contribution in [0.2, 0.25) is 0 Å². The van der Waals surface area contributed by atoms with Crippen LogP contribution in [-0.4, -0.2) is 24.3 Å². The van der Waals surface area contributed by atoms with Gasteiger partial charge >= 0.3 is 6.16 Å². The molecule has 0 N–H and O–H groups in total. The predicted octanol–water partition coefficient (Wildman–Crippen LogP) is 1.20. The summed E-state index contributed by atoms with van der Waals surface area (Å²) in [6, 6.07) is 0. The lowest BCUT2D eigenvalue weighted by atomic mass is 10.9. The Morgan fingerprint density at radius 3 is 2.75 bits per heavy atom. The zero-order valence-electron chi connectivity index (χ0n) is 4.52. The fourth-order valence-corrected chi connectivity index (χ4v) is 0.401. The fourth-order valence-electron chi connectivity index (χ4n) is 0.181. The summed E-state index contributed by atoms with van der Waals surface area (Å²) in [5, 5.41) is 0. The van der Waals surface area contributed by atoms with Gasteiger partial charge in [-0.1, -0.05) is 22.6 Å². The molecule has 0 rings (SSSR count). The van der Waals surface area contributed by atoms with Gasteiger partial charge in [-0.25, -0.2) is 4.79 Å². The smallest absolute Gasteiger partial charge is 0.438 e. The quantitative estimate of drug-likeness (QED) is 0.406. The number of hydrogen-bond donors (Lipinski definition) is 0. The molecule has 0 unspecified atom stereocenters. The van der Waals surface area contributed by atoms with Crippen molar-refractivity contribution in [2.75, 3.05) is 18.1 Å². The first kappa shape index (κ1) is 8.00. The van der Waals surface area contributed by atoms with Crippen LogP contribution in [-0.2, 0) is 9.47 Å². The highest BCUT2D eigenvalue weighted by Crippen LogP contribution is 1.85. The number of carbonyl (C=O) groups is 1. The summed E-state index contributed by atoms with van der Waals surface area (Å²) >= 11 is 2.10. The van der Waals surface area contributed by atoms with E-state index in [0.29, 0.717) is 6.61 Å². The van der Waals surface area contributed by atoms with Gasteiger partial charge in [0, 0.05) is 4.43 Å². The van der Waals surface area contributed by atoms with E-state index >= 15 is 0 Å². The van der Waals surface area contributed by atoms with Gasteiger partial charge in [0.15, 0.2) is 0 Å². The molecule has 0 radical (unpaired) electrons. The molecule has 0 aromatic carbocycles. The summed E-state index contributed by atoms with van der Waals surface area (Å²) in [6.45, 7) is 0.424. The molecule has 0 atom stereocenters. The number of carbonyl (C=O) groups excluding carboxylic acids is 1. The summed E-state index contributed by atoms with van der Waals surface area (Å²) in [7, 11) is 1.29. The minimum atomic E-state index is -0.610. The molecule has 0 aromatic rings. The predicted molar refractivity (Wildman–Crippen MR) is 37.2 cm³/mol. The van der Waals surface area contributed by atoms with E-state index in [2.05, 4.69) is 32.1 Å². The molecule has 4 heteroatoms. The van der Waals surface area contributed by atoms with Gasteiger partial charge in [0.25, 0.3) is 0 Å². The molecule has 0 bridgehead atoms. The average molecular weight is 230 g/mol. The number of ether oxygens (including phenoxy) is 2. The Hall–Kier alpha value is 0. The molecule has 0 saturated carbocycles. The summed E-state index contributed by atoms with van der Waals surface area (Å²) in [6.07, 6.45) is -0.610. The Kier molecular flexibility index (Phi) is 5.14. The van der Waals surface area contributed by atoms with Gasteiger partial charge in [-0.3, -0.25) is 0 Å². The van der Waals surface area contributed by atoms with Crippen molar-refractivity contribution in [3.05, 3.63) is 0 Å². The molecule has 3 nitrogen and oxygen atoms in total. The van der Waals surface area contributed by atoms with Crippen molar-refractivity contribution in [3.8, 4) is 0 Å². The van der Waals surface area contributed by atoms with Crippen LogP contribution in [0.15, 0.2) is 0 Å². The van der Waals surface area contributed by atoms with Gasteiger partial charge in [-0.05, 0) is 0 Å². The Balaban J connectivity index is 2.99. The van der Waals surface area contributed by atoms with Gasteiger partial charge in [0.1, 0.15) is 6.61 Å². The van der Waals surface area contributed by atoms with Crippen molar-refractivity contribution in [2.24, 2.45) is 0 Å². The Labute approximate surface area is 61.5 Å². The van der Waals surface area contributed by atoms with Crippen LogP contribution in [0.25, 0.3) is 0 Å². The van der Waals surface area contributed by atoms with Crippen molar-refractivity contribution < 1.29 is 14.3 Å². The Morgan fingerprint density at radius 2 is 2.38 bits per heavy atom. The zero-order valence-corrected chi connectivity index (χ0v) is 6.67. The van der Waals surface area contributed by atoms with Crippen molar-refractivity contribution in [1.29, 1.82) is 0 Å². The van der Waals surface area contributed by atoms with Crippen molar-refractivity contribution in [3.63, 3.8) is 0 Å². The van der Waals surface area contributed by atoms with E-state index in [9.17, 15) is 4.79 Å². The third kappa shape index (κ3) is 4.17. The molecule has 0 spiro atoms. The van der Waals surface area contributed by atoms with Crippen molar-refractivity contribution in [1.82, 2.24) is 0 Å². The Bertz CT molecular complexity index is 73.7. The topological polar surface area (TPSA) is 35.5 Å². The SMILES string of the molecule is COC(=O)OCCI. The average Bonchev–Trinajstić information content (AvgIpc) is 1.83. The van der Waals surface area contributed by atoms with Gasteiger partial charge < -0.3 is 9.47 Å². The molecule has 0 aliphatic heterocycles. The highest BCUT2D eigenvalue weighted by Gasteiger charge is 1.95. The maximum atomic E-state index is 10.1. The minimum Gasteiger partial charge on any atom is -0.438 e. The number of halogens is 1. The van der Waals surface area contributed by atoms with Crippen molar-refractivity contribution >= 4 is 28.7 Å². The normalized spacial score (nSPS) is 8.25. The standard InChI is InChI=1S/C4H7IO3/c1-7-4(6)8-3-2-5/h2-3H2,1H3. The molecule has 8 heavy (non-hydrogen) atoms. The molecule has 48 valence electrons. The summed E-state index contributed by atoms with van der Waals surface area (Å²) in [5.41, 5.74) is 0. The number of hydrogen-bond acceptors (Lipinski definition) is 3. The second kappa shape index (κ2) is 5.14. The first-order valence-electron chi connectivity index (χ1n) is 2.08. The monoisotopic (exact) mass is 230 g/mol. The maximum Gasteiger partial charge on any atom is 0.508 e. The molecule has 0 aliphatic carbocycles. The van der Waals surface area contributed by atoms with Crippen LogP contribution >= 0.6 is 22.6 Å². The van der Waals surface area contributed by atoms with E-state index < -0.39 is 6.16 Å². The van der Waals surface area contributed by atoms with Crippen LogP contribution in [0.3, 0.4) is 0 Å². The molecule has 0 heterocycles. The van der Waals surface area contributed by atoms with E-state index in [1.165, 1.54) is 7.11 Å². The van der Waals surface area contributed by atoms with E-state index in [4.69, 9.17) is 0 Å². The summed E-state index contributed by atoms with van der Waals surface area (Å²) in [5.74, 6) is 0. The van der Waals surface area contributed by atoms with Crippen LogP contribution in [0.5, 0.6) is 0 Å². The minimum absolute atomic E-state index is 0.424. The second-order valence-corrected chi connectivity index (χ2v) is 2.07. The summed E-state index contributed by atoms with van der Waals surface area (Å²) in [4.78, 5) is 10.1. The van der Waals surface area contributed by atoms with Crippen LogP contribution in [0, 0.1) is 0 Å². The van der Waals surface area contributed by atoms with Crippen LogP contribution in [0.1, 0.15) is 0 Å². The van der Waals surface area contributed by atoms with Gasteiger partial charge in [-0.15, -0.1) is 0 Å². The first-order chi connectivity index (χ1) is 3.81. The lowest BCUT2D eigenvalue weighted by molar-refractivity contribution is 0.0784. The Morgan fingerprint density at radius 1 is 1.75 bits per heavy atom. The van der Waals surface area contributed by atoms with Crippen LogP contribution in [0.4, 0.5) is 4.79 Å². The third-order valence-corrected chi connectivity index (χ3v) is 0.904. The van der Waals surface area contributed by atoms with E-state index in [1.807, 2.05) is 0 Å². The molecule has 0 aromatic heterocycles. The highest BCUT2D eigenvalue weighted by atomic mass is 127. The molecule has 0 aliphatic rings. The lowest BCUT2D eigenvalue weighted by Crippen LogP contribution is -2.05. The fraction of sp³-hybridized carbons (Fsp3) is 0.750. The van der Waals surface area contributed by atoms with Gasteiger partial charge in [0.05, 0.1) is 7.11 Å². The second-order valence-electron chi connectivity index (χ2n) is 0.992. The van der Waals surface area contributed by atoms with E-state index in [1.54, 1.807) is 0 Å². The lowest BCUT2D eigenvalue weighted by Gasteiger charge is -1.97. The van der Waals surface area contributed by atoms with Crippen LogP contribution < -0.4 is 0 Å². The maximum absolute atomic E-state index is 10.1.